The summed E-state index contributed by atoms with van der Waals surface area (Å²) in [5, 5.41) is 16.5. The molecule has 3 aromatic carbocycles. The zero-order valence-electron chi connectivity index (χ0n) is 21.0. The molecule has 6 N–H and O–H groups in total. The molecule has 0 aromatic heterocycles. The summed E-state index contributed by atoms with van der Waals surface area (Å²) in [5.74, 6) is -1.73. The SMILES string of the molecule is N=C(N)c1cccc(C(=O)N(CC(=O)O)c2ccccc2)c1.NC(=O)N1CCN(Cc2ccccc2)CC1. The van der Waals surface area contributed by atoms with Crippen molar-refractivity contribution in [3.8, 4) is 0 Å². The zero-order valence-corrected chi connectivity index (χ0v) is 21.0. The zero-order chi connectivity index (χ0) is 27.5. The van der Waals surface area contributed by atoms with Crippen molar-refractivity contribution in [2.24, 2.45) is 11.5 Å². The van der Waals surface area contributed by atoms with Crippen LogP contribution in [0, 0.1) is 5.41 Å². The van der Waals surface area contributed by atoms with Gasteiger partial charge in [0.05, 0.1) is 0 Å². The van der Waals surface area contributed by atoms with E-state index in [1.165, 1.54) is 16.5 Å². The molecule has 0 bridgehead atoms. The van der Waals surface area contributed by atoms with E-state index >= 15 is 0 Å². The number of aliphatic carboxylic acids is 1. The third-order valence-electron chi connectivity index (χ3n) is 5.96. The molecule has 0 saturated carbocycles. The summed E-state index contributed by atoms with van der Waals surface area (Å²) in [4.78, 5) is 39.8. The second-order valence-corrected chi connectivity index (χ2v) is 8.70. The van der Waals surface area contributed by atoms with Crippen LogP contribution >= 0.6 is 0 Å². The first-order valence-electron chi connectivity index (χ1n) is 12.1. The Labute approximate surface area is 221 Å². The lowest BCUT2D eigenvalue weighted by atomic mass is 10.1. The van der Waals surface area contributed by atoms with Gasteiger partial charge in [-0.25, -0.2) is 4.79 Å². The minimum Gasteiger partial charge on any atom is -0.480 e. The van der Waals surface area contributed by atoms with Crippen LogP contribution in [0.15, 0.2) is 84.9 Å². The number of primary amides is 1. The normalized spacial score (nSPS) is 13.1. The Morgan fingerprint density at radius 1 is 0.816 bits per heavy atom. The fourth-order valence-electron chi connectivity index (χ4n) is 3.97. The predicted molar refractivity (Wildman–Crippen MR) is 146 cm³/mol. The van der Waals surface area contributed by atoms with Crippen LogP contribution < -0.4 is 16.4 Å². The smallest absolute Gasteiger partial charge is 0.323 e. The fraction of sp³-hybridized carbons (Fsp3) is 0.214. The number of piperazine rings is 1. The van der Waals surface area contributed by atoms with E-state index in [-0.39, 0.29) is 17.4 Å². The predicted octanol–water partition coefficient (Wildman–Crippen LogP) is 2.58. The molecule has 38 heavy (non-hydrogen) atoms. The molecule has 3 aromatic rings. The van der Waals surface area contributed by atoms with E-state index in [2.05, 4.69) is 29.2 Å². The minimum absolute atomic E-state index is 0.154. The van der Waals surface area contributed by atoms with Crippen molar-refractivity contribution in [2.75, 3.05) is 37.6 Å². The van der Waals surface area contributed by atoms with Crippen LogP contribution in [0.3, 0.4) is 0 Å². The van der Waals surface area contributed by atoms with Crippen molar-refractivity contribution in [1.82, 2.24) is 9.80 Å². The van der Waals surface area contributed by atoms with Crippen molar-refractivity contribution < 1.29 is 19.5 Å². The number of urea groups is 1. The number of carboxylic acids is 1. The van der Waals surface area contributed by atoms with Gasteiger partial charge in [0.15, 0.2) is 0 Å². The van der Waals surface area contributed by atoms with Crippen LogP contribution in [0.2, 0.25) is 0 Å². The molecule has 1 saturated heterocycles. The number of hydrogen-bond donors (Lipinski definition) is 4. The Morgan fingerprint density at radius 2 is 1.39 bits per heavy atom. The molecule has 198 valence electrons. The molecule has 4 rings (SSSR count). The lowest BCUT2D eigenvalue weighted by Crippen LogP contribution is -2.50. The Kier molecular flexibility index (Phi) is 9.95. The van der Waals surface area contributed by atoms with Crippen LogP contribution in [-0.4, -0.2) is 71.4 Å². The van der Waals surface area contributed by atoms with Crippen molar-refractivity contribution in [1.29, 1.82) is 5.41 Å². The lowest BCUT2D eigenvalue weighted by molar-refractivity contribution is -0.135. The standard InChI is InChI=1S/C16H15N3O3.C12H17N3O/c17-15(18)11-5-4-6-12(9-11)16(22)19(10-14(20)21)13-7-2-1-3-8-13;13-12(16)15-8-6-14(7-9-15)10-11-4-2-1-3-5-11/h1-9H,10H2,(H3,17,18)(H,20,21);1-5H,6-10H2,(H2,13,16). The first-order valence-corrected chi connectivity index (χ1v) is 12.1. The third kappa shape index (κ3) is 8.17. The van der Waals surface area contributed by atoms with Gasteiger partial charge in [-0.1, -0.05) is 60.7 Å². The molecule has 10 nitrogen and oxygen atoms in total. The van der Waals surface area contributed by atoms with Crippen molar-refractivity contribution in [2.45, 2.75) is 6.54 Å². The summed E-state index contributed by atoms with van der Waals surface area (Å²) in [6.45, 7) is 3.78. The number of amidine groups is 1. The largest absolute Gasteiger partial charge is 0.480 e. The molecular formula is C28H32N6O4. The van der Waals surface area contributed by atoms with Gasteiger partial charge in [0, 0.05) is 49.5 Å². The van der Waals surface area contributed by atoms with Gasteiger partial charge in [0.25, 0.3) is 5.91 Å². The maximum absolute atomic E-state index is 12.6. The molecule has 1 aliphatic rings. The van der Waals surface area contributed by atoms with Gasteiger partial charge in [-0.05, 0) is 29.8 Å². The molecule has 1 fully saturated rings. The number of rotatable bonds is 7. The molecule has 1 aliphatic heterocycles. The highest BCUT2D eigenvalue weighted by atomic mass is 16.4. The molecule has 1 heterocycles. The van der Waals surface area contributed by atoms with E-state index in [0.717, 1.165) is 32.7 Å². The second-order valence-electron chi connectivity index (χ2n) is 8.70. The maximum Gasteiger partial charge on any atom is 0.323 e. The van der Waals surface area contributed by atoms with Crippen LogP contribution in [0.1, 0.15) is 21.5 Å². The maximum atomic E-state index is 12.6. The Morgan fingerprint density at radius 3 is 1.95 bits per heavy atom. The fourth-order valence-corrected chi connectivity index (χ4v) is 3.97. The minimum atomic E-state index is -1.11. The monoisotopic (exact) mass is 516 g/mol. The number of nitrogens with zero attached hydrogens (tertiary/aromatic N) is 3. The van der Waals surface area contributed by atoms with Crippen molar-refractivity contribution >= 4 is 29.4 Å². The number of hydrogen-bond acceptors (Lipinski definition) is 5. The highest BCUT2D eigenvalue weighted by molar-refractivity contribution is 6.09. The van der Waals surface area contributed by atoms with Crippen LogP contribution in [-0.2, 0) is 11.3 Å². The molecule has 0 radical (unpaired) electrons. The van der Waals surface area contributed by atoms with Gasteiger partial charge in [-0.15, -0.1) is 0 Å². The summed E-state index contributed by atoms with van der Waals surface area (Å²) in [6, 6.07) is 24.9. The topological polar surface area (TPSA) is 157 Å². The number of anilines is 1. The molecule has 0 unspecified atom stereocenters. The number of nitrogens with one attached hydrogen (secondary N) is 1. The molecule has 10 heteroatoms. The summed E-state index contributed by atoms with van der Waals surface area (Å²) < 4.78 is 0. The van der Waals surface area contributed by atoms with Gasteiger partial charge in [0.2, 0.25) is 0 Å². The highest BCUT2D eigenvalue weighted by Gasteiger charge is 2.21. The number of para-hydroxylation sites is 1. The average molecular weight is 517 g/mol. The van der Waals surface area contributed by atoms with Crippen LogP contribution in [0.5, 0.6) is 0 Å². The van der Waals surface area contributed by atoms with Gasteiger partial charge in [-0.3, -0.25) is 24.8 Å². The van der Waals surface area contributed by atoms with E-state index in [0.29, 0.717) is 11.3 Å². The van der Waals surface area contributed by atoms with Crippen molar-refractivity contribution in [3.63, 3.8) is 0 Å². The summed E-state index contributed by atoms with van der Waals surface area (Å²) in [7, 11) is 0. The number of benzene rings is 3. The Hall–Kier alpha value is -4.70. The number of nitrogen functional groups attached to an aromatic ring is 1. The van der Waals surface area contributed by atoms with Crippen LogP contribution in [0.25, 0.3) is 0 Å². The third-order valence-corrected chi connectivity index (χ3v) is 5.96. The van der Waals surface area contributed by atoms with Crippen LogP contribution in [0.4, 0.5) is 10.5 Å². The van der Waals surface area contributed by atoms with E-state index in [1.54, 1.807) is 53.4 Å². The quantitative estimate of drug-likeness (QED) is 0.279. The summed E-state index contributed by atoms with van der Waals surface area (Å²) in [6.07, 6.45) is 0. The number of carboxylic acid groups (broad SMARTS) is 1. The molecule has 0 aliphatic carbocycles. The molecule has 0 atom stereocenters. The highest BCUT2D eigenvalue weighted by Crippen LogP contribution is 2.17. The number of carbonyl (C=O) groups excluding carboxylic acids is 2. The Bertz CT molecular complexity index is 1240. The summed E-state index contributed by atoms with van der Waals surface area (Å²) in [5.41, 5.74) is 13.1. The Balaban J connectivity index is 0.000000221. The number of amides is 3. The average Bonchev–Trinajstić information content (AvgIpc) is 2.93. The number of carbonyl (C=O) groups is 3. The molecule has 3 amide bonds. The van der Waals surface area contributed by atoms with Gasteiger partial charge in [0.1, 0.15) is 12.4 Å². The van der Waals surface area contributed by atoms with Crippen molar-refractivity contribution in [3.05, 3.63) is 102 Å². The van der Waals surface area contributed by atoms with E-state index in [1.807, 2.05) is 6.07 Å². The van der Waals surface area contributed by atoms with E-state index < -0.39 is 18.4 Å². The second kappa shape index (κ2) is 13.6. The summed E-state index contributed by atoms with van der Waals surface area (Å²) >= 11 is 0. The van der Waals surface area contributed by atoms with Gasteiger partial charge >= 0.3 is 12.0 Å². The molecule has 0 spiro atoms. The lowest BCUT2D eigenvalue weighted by Gasteiger charge is -2.33. The van der Waals surface area contributed by atoms with E-state index in [9.17, 15) is 14.4 Å². The molecular weight excluding hydrogens is 484 g/mol. The van der Waals surface area contributed by atoms with Gasteiger partial charge in [-0.2, -0.15) is 0 Å². The van der Waals surface area contributed by atoms with Gasteiger partial charge < -0.3 is 21.5 Å². The van der Waals surface area contributed by atoms with E-state index in [4.69, 9.17) is 22.0 Å². The number of nitrogens with two attached hydrogens (primary N) is 2. The first-order chi connectivity index (χ1) is 18.2. The first kappa shape index (κ1) is 27.9.